The number of allylic oxidation sites excluding steroid dienone is 2. The van der Waals surface area contributed by atoms with Crippen molar-refractivity contribution in [3.63, 3.8) is 0 Å². The Hall–Kier alpha value is -3.01. The van der Waals surface area contributed by atoms with Crippen LogP contribution >= 0.6 is 0 Å². The predicted molar refractivity (Wildman–Crippen MR) is 103 cm³/mol. The van der Waals surface area contributed by atoms with Gasteiger partial charge in [-0.05, 0) is 37.6 Å². The summed E-state index contributed by atoms with van der Waals surface area (Å²) in [5, 5.41) is 7.05. The quantitative estimate of drug-likeness (QED) is 0.892. The minimum Gasteiger partial charge on any atom is -0.364 e. The summed E-state index contributed by atoms with van der Waals surface area (Å²) in [4.78, 5) is 6.72. The van der Waals surface area contributed by atoms with Crippen molar-refractivity contribution in [3.8, 4) is 0 Å². The Kier molecular flexibility index (Phi) is 4.02. The standard InChI is InChI=1S/C21H22N4/c1-15-6-9-17(10-7-15)21-18(13-23-19-5-3-4-12-22-19)25-14-16(2)8-11-20(25)24-21/h3-12,24H,13-14H2,1-2H3,(H,22,23). The van der Waals surface area contributed by atoms with Crippen LogP contribution in [0.3, 0.4) is 0 Å². The largest absolute Gasteiger partial charge is 0.364 e. The van der Waals surface area contributed by atoms with E-state index in [1.807, 2.05) is 24.4 Å². The average Bonchev–Trinajstić information content (AvgIpc) is 2.99. The van der Waals surface area contributed by atoms with Gasteiger partial charge in [0.05, 0.1) is 17.9 Å². The van der Waals surface area contributed by atoms with E-state index in [1.54, 1.807) is 0 Å². The Balaban J connectivity index is 1.67. The number of benzene rings is 1. The molecule has 4 rings (SSSR count). The molecule has 0 saturated carbocycles. The molecule has 25 heavy (non-hydrogen) atoms. The number of fused-ring (bicyclic) bond motifs is 1. The van der Waals surface area contributed by atoms with E-state index >= 15 is 0 Å². The molecule has 4 heteroatoms. The lowest BCUT2D eigenvalue weighted by Gasteiger charge is -2.26. The van der Waals surface area contributed by atoms with Gasteiger partial charge in [0, 0.05) is 12.7 Å². The zero-order valence-corrected chi connectivity index (χ0v) is 14.6. The highest BCUT2D eigenvalue weighted by Gasteiger charge is 2.28. The zero-order valence-electron chi connectivity index (χ0n) is 14.6. The second-order valence-electron chi connectivity index (χ2n) is 6.53. The van der Waals surface area contributed by atoms with Crippen molar-refractivity contribution in [2.45, 2.75) is 13.8 Å². The van der Waals surface area contributed by atoms with Crippen molar-refractivity contribution < 1.29 is 0 Å². The molecule has 0 amide bonds. The van der Waals surface area contributed by atoms with Gasteiger partial charge in [-0.1, -0.05) is 47.5 Å². The first-order valence-electron chi connectivity index (χ1n) is 8.58. The highest BCUT2D eigenvalue weighted by Crippen LogP contribution is 2.32. The minimum atomic E-state index is 0.720. The summed E-state index contributed by atoms with van der Waals surface area (Å²) in [5.74, 6) is 2.03. The topological polar surface area (TPSA) is 40.2 Å². The van der Waals surface area contributed by atoms with E-state index in [9.17, 15) is 0 Å². The molecule has 0 radical (unpaired) electrons. The molecule has 0 bridgehead atoms. The molecule has 2 aromatic rings. The molecular formula is C21H22N4. The molecule has 2 N–H and O–H groups in total. The number of pyridine rings is 1. The fraction of sp³-hybridized carbons (Fsp3) is 0.190. The lowest BCUT2D eigenvalue weighted by molar-refractivity contribution is 0.459. The number of hydrogen-bond acceptors (Lipinski definition) is 4. The van der Waals surface area contributed by atoms with E-state index in [1.165, 1.54) is 22.4 Å². The zero-order chi connectivity index (χ0) is 17.2. The number of anilines is 1. The van der Waals surface area contributed by atoms with Gasteiger partial charge in [0.15, 0.2) is 0 Å². The fourth-order valence-electron chi connectivity index (χ4n) is 3.17. The van der Waals surface area contributed by atoms with Gasteiger partial charge in [0.2, 0.25) is 0 Å². The van der Waals surface area contributed by atoms with Crippen molar-refractivity contribution in [2.24, 2.45) is 0 Å². The molecule has 2 aliphatic heterocycles. The molecule has 4 nitrogen and oxygen atoms in total. The third kappa shape index (κ3) is 3.15. The Bertz CT molecular complexity index is 861. The van der Waals surface area contributed by atoms with Crippen LogP contribution in [0.25, 0.3) is 5.70 Å². The first-order chi connectivity index (χ1) is 12.2. The van der Waals surface area contributed by atoms with E-state index in [2.05, 4.69) is 70.8 Å². The average molecular weight is 330 g/mol. The second kappa shape index (κ2) is 6.48. The summed E-state index contributed by atoms with van der Waals surface area (Å²) in [5.41, 5.74) is 6.23. The lowest BCUT2D eigenvalue weighted by atomic mass is 10.1. The van der Waals surface area contributed by atoms with Crippen LogP contribution in [0.1, 0.15) is 18.1 Å². The van der Waals surface area contributed by atoms with E-state index in [4.69, 9.17) is 0 Å². The first-order valence-corrected chi connectivity index (χ1v) is 8.58. The molecule has 126 valence electrons. The number of aromatic nitrogens is 1. The van der Waals surface area contributed by atoms with Crippen molar-refractivity contribution in [1.29, 1.82) is 0 Å². The molecule has 0 unspecified atom stereocenters. The Morgan fingerprint density at radius 1 is 1.08 bits per heavy atom. The lowest BCUT2D eigenvalue weighted by Crippen LogP contribution is -2.28. The van der Waals surface area contributed by atoms with E-state index < -0.39 is 0 Å². The van der Waals surface area contributed by atoms with Crippen LogP contribution in [0.5, 0.6) is 0 Å². The molecule has 0 atom stereocenters. The molecule has 1 aromatic carbocycles. The molecule has 1 aromatic heterocycles. The molecule has 3 heterocycles. The van der Waals surface area contributed by atoms with Crippen LogP contribution in [0.15, 0.2) is 77.9 Å². The molecule has 2 aliphatic rings. The van der Waals surface area contributed by atoms with Crippen molar-refractivity contribution >= 4 is 11.5 Å². The van der Waals surface area contributed by atoms with Crippen LogP contribution in [-0.4, -0.2) is 23.0 Å². The monoisotopic (exact) mass is 330 g/mol. The molecule has 0 fully saturated rings. The van der Waals surface area contributed by atoms with Gasteiger partial charge in [-0.25, -0.2) is 4.98 Å². The number of rotatable bonds is 4. The first kappa shape index (κ1) is 15.5. The van der Waals surface area contributed by atoms with Gasteiger partial charge in [0.1, 0.15) is 11.6 Å². The predicted octanol–water partition coefficient (Wildman–Crippen LogP) is 3.88. The van der Waals surface area contributed by atoms with E-state index in [0.717, 1.165) is 30.4 Å². The Morgan fingerprint density at radius 3 is 2.68 bits per heavy atom. The molecule has 0 aliphatic carbocycles. The molecule has 0 saturated heterocycles. The van der Waals surface area contributed by atoms with E-state index in [0.29, 0.717) is 0 Å². The van der Waals surface area contributed by atoms with Crippen molar-refractivity contribution in [2.75, 3.05) is 18.4 Å². The summed E-state index contributed by atoms with van der Waals surface area (Å²) in [6.45, 7) is 5.91. The van der Waals surface area contributed by atoms with Gasteiger partial charge in [-0.15, -0.1) is 0 Å². The number of nitrogens with zero attached hydrogens (tertiary/aromatic N) is 2. The van der Waals surface area contributed by atoms with Gasteiger partial charge in [-0.2, -0.15) is 0 Å². The van der Waals surface area contributed by atoms with Crippen molar-refractivity contribution in [3.05, 3.63) is 89.0 Å². The van der Waals surface area contributed by atoms with Crippen LogP contribution in [0.2, 0.25) is 0 Å². The fourth-order valence-corrected chi connectivity index (χ4v) is 3.17. The van der Waals surface area contributed by atoms with E-state index in [-0.39, 0.29) is 0 Å². The van der Waals surface area contributed by atoms with Gasteiger partial charge < -0.3 is 15.5 Å². The maximum atomic E-state index is 4.37. The van der Waals surface area contributed by atoms with Crippen molar-refractivity contribution in [1.82, 2.24) is 15.2 Å². The number of aryl methyl sites for hydroxylation is 1. The highest BCUT2D eigenvalue weighted by atomic mass is 15.3. The minimum absolute atomic E-state index is 0.720. The highest BCUT2D eigenvalue weighted by molar-refractivity contribution is 5.73. The maximum Gasteiger partial charge on any atom is 0.126 e. The summed E-state index contributed by atoms with van der Waals surface area (Å²) >= 11 is 0. The molecule has 0 spiro atoms. The third-order valence-electron chi connectivity index (χ3n) is 4.53. The summed E-state index contributed by atoms with van der Waals surface area (Å²) in [7, 11) is 0. The third-order valence-corrected chi connectivity index (χ3v) is 4.53. The summed E-state index contributed by atoms with van der Waals surface area (Å²) in [6.07, 6.45) is 6.14. The smallest absolute Gasteiger partial charge is 0.126 e. The van der Waals surface area contributed by atoms with Crippen LogP contribution in [-0.2, 0) is 0 Å². The Labute approximate surface area is 148 Å². The normalized spacial score (nSPS) is 16.2. The van der Waals surface area contributed by atoms with Gasteiger partial charge >= 0.3 is 0 Å². The summed E-state index contributed by atoms with van der Waals surface area (Å²) < 4.78 is 0. The molecular weight excluding hydrogens is 308 g/mol. The number of nitrogens with one attached hydrogen (secondary N) is 2. The number of hydrogen-bond donors (Lipinski definition) is 2. The van der Waals surface area contributed by atoms with Gasteiger partial charge in [-0.3, -0.25) is 0 Å². The SMILES string of the molecule is CC1=CC=C2NC(c3ccc(C)cc3)=C(CNc3ccccn3)N2C1. The van der Waals surface area contributed by atoms with Crippen LogP contribution in [0.4, 0.5) is 5.82 Å². The van der Waals surface area contributed by atoms with Crippen LogP contribution in [0, 0.1) is 6.92 Å². The second-order valence-corrected chi connectivity index (χ2v) is 6.53. The summed E-state index contributed by atoms with van der Waals surface area (Å²) in [6, 6.07) is 14.6. The maximum absolute atomic E-state index is 4.37. The van der Waals surface area contributed by atoms with Gasteiger partial charge in [0.25, 0.3) is 0 Å². The Morgan fingerprint density at radius 2 is 1.92 bits per heavy atom. The van der Waals surface area contributed by atoms with Crippen LogP contribution < -0.4 is 10.6 Å².